The summed E-state index contributed by atoms with van der Waals surface area (Å²) in [6, 6.07) is 3.05. The van der Waals surface area contributed by atoms with Gasteiger partial charge in [-0.05, 0) is 31.7 Å². The highest BCUT2D eigenvalue weighted by atomic mass is 32.1. The Bertz CT molecular complexity index is 650. The lowest BCUT2D eigenvalue weighted by atomic mass is 10.0. The number of likely N-dealkylation sites (tertiary alicyclic amines) is 1. The number of anilines is 1. The van der Waals surface area contributed by atoms with E-state index >= 15 is 0 Å². The molecule has 0 bridgehead atoms. The first-order chi connectivity index (χ1) is 11.3. The van der Waals surface area contributed by atoms with Crippen LogP contribution in [-0.2, 0) is 0 Å². The minimum atomic E-state index is 0.0599. The molecule has 1 aliphatic carbocycles. The molecule has 4 rings (SSSR count). The quantitative estimate of drug-likeness (QED) is 0.860. The third-order valence-corrected chi connectivity index (χ3v) is 5.15. The summed E-state index contributed by atoms with van der Waals surface area (Å²) in [4.78, 5) is 29.4. The molecule has 0 radical (unpaired) electrons. The van der Waals surface area contributed by atoms with Crippen LogP contribution in [0.4, 0.5) is 5.82 Å². The van der Waals surface area contributed by atoms with Gasteiger partial charge in [-0.2, -0.15) is 0 Å². The van der Waals surface area contributed by atoms with Crippen LogP contribution in [0.1, 0.15) is 36.2 Å². The fourth-order valence-corrected chi connectivity index (χ4v) is 3.81. The van der Waals surface area contributed by atoms with Gasteiger partial charge in [0.2, 0.25) is 0 Å². The second-order valence-electron chi connectivity index (χ2n) is 6.10. The molecule has 1 saturated carbocycles. The summed E-state index contributed by atoms with van der Waals surface area (Å²) in [5.41, 5.74) is 2.28. The van der Waals surface area contributed by atoms with E-state index in [0.717, 1.165) is 31.7 Å². The molecule has 2 fully saturated rings. The van der Waals surface area contributed by atoms with E-state index < -0.39 is 0 Å². The normalized spacial score (nSPS) is 18.9. The SMILES string of the molecule is O=C(c1cscn1)N1CCC(N(c2ccncn2)C2CC2)CC1. The third-order valence-electron chi connectivity index (χ3n) is 4.57. The summed E-state index contributed by atoms with van der Waals surface area (Å²) in [7, 11) is 0. The first-order valence-corrected chi connectivity index (χ1v) is 8.99. The van der Waals surface area contributed by atoms with Gasteiger partial charge < -0.3 is 9.80 Å². The van der Waals surface area contributed by atoms with Crippen molar-refractivity contribution in [2.45, 2.75) is 37.8 Å². The molecule has 2 aromatic heterocycles. The topological polar surface area (TPSA) is 62.2 Å². The number of aromatic nitrogens is 3. The van der Waals surface area contributed by atoms with E-state index in [9.17, 15) is 4.79 Å². The van der Waals surface area contributed by atoms with Gasteiger partial charge in [0.15, 0.2) is 0 Å². The van der Waals surface area contributed by atoms with Crippen LogP contribution >= 0.6 is 11.3 Å². The van der Waals surface area contributed by atoms with Gasteiger partial charge >= 0.3 is 0 Å². The van der Waals surface area contributed by atoms with Crippen molar-refractivity contribution in [3.05, 3.63) is 35.2 Å². The lowest BCUT2D eigenvalue weighted by molar-refractivity contribution is 0.0706. The largest absolute Gasteiger partial charge is 0.350 e. The Hall–Kier alpha value is -2.02. The van der Waals surface area contributed by atoms with Crippen molar-refractivity contribution in [3.8, 4) is 0 Å². The molecule has 7 heteroatoms. The van der Waals surface area contributed by atoms with Crippen LogP contribution in [0.25, 0.3) is 0 Å². The monoisotopic (exact) mass is 329 g/mol. The summed E-state index contributed by atoms with van der Waals surface area (Å²) in [6.07, 6.45) is 7.86. The molecule has 0 aromatic carbocycles. The van der Waals surface area contributed by atoms with Crippen molar-refractivity contribution in [1.82, 2.24) is 19.9 Å². The number of hydrogen-bond donors (Lipinski definition) is 0. The Morgan fingerprint density at radius 1 is 1.17 bits per heavy atom. The minimum Gasteiger partial charge on any atom is -0.350 e. The molecule has 2 aliphatic rings. The zero-order valence-corrected chi connectivity index (χ0v) is 13.7. The number of piperidine rings is 1. The average molecular weight is 329 g/mol. The zero-order valence-electron chi connectivity index (χ0n) is 12.8. The molecule has 6 nitrogen and oxygen atoms in total. The van der Waals surface area contributed by atoms with E-state index in [0.29, 0.717) is 17.8 Å². The summed E-state index contributed by atoms with van der Waals surface area (Å²) in [6.45, 7) is 1.57. The highest BCUT2D eigenvalue weighted by Gasteiger charge is 2.37. The Labute approximate surface area is 139 Å². The van der Waals surface area contributed by atoms with Crippen LogP contribution in [0.15, 0.2) is 29.5 Å². The third kappa shape index (κ3) is 3.06. The van der Waals surface area contributed by atoms with Crippen LogP contribution in [0.5, 0.6) is 0 Å². The van der Waals surface area contributed by atoms with E-state index in [1.54, 1.807) is 18.0 Å². The molecule has 1 aliphatic heterocycles. The molecule has 1 amide bonds. The summed E-state index contributed by atoms with van der Waals surface area (Å²) in [5, 5.41) is 1.83. The molecule has 1 saturated heterocycles. The molecule has 2 aromatic rings. The second-order valence-corrected chi connectivity index (χ2v) is 6.82. The Balaban J connectivity index is 1.43. The van der Waals surface area contributed by atoms with Gasteiger partial charge in [-0.1, -0.05) is 0 Å². The van der Waals surface area contributed by atoms with Gasteiger partial charge in [0.05, 0.1) is 5.51 Å². The summed E-state index contributed by atoms with van der Waals surface area (Å²) >= 11 is 1.47. The molecular formula is C16H19N5OS. The number of nitrogens with zero attached hydrogens (tertiary/aromatic N) is 5. The van der Waals surface area contributed by atoms with E-state index in [-0.39, 0.29) is 5.91 Å². The van der Waals surface area contributed by atoms with Crippen LogP contribution < -0.4 is 4.90 Å². The molecule has 0 N–H and O–H groups in total. The number of rotatable bonds is 4. The van der Waals surface area contributed by atoms with E-state index in [1.807, 2.05) is 16.3 Å². The zero-order chi connectivity index (χ0) is 15.6. The maximum Gasteiger partial charge on any atom is 0.273 e. The van der Waals surface area contributed by atoms with Crippen molar-refractivity contribution in [1.29, 1.82) is 0 Å². The lowest BCUT2D eigenvalue weighted by Gasteiger charge is -2.39. The van der Waals surface area contributed by atoms with Crippen LogP contribution in [-0.4, -0.2) is 50.9 Å². The molecule has 120 valence electrons. The molecule has 0 spiro atoms. The van der Waals surface area contributed by atoms with Gasteiger partial charge in [-0.25, -0.2) is 15.0 Å². The van der Waals surface area contributed by atoms with Crippen LogP contribution in [0, 0.1) is 0 Å². The maximum atomic E-state index is 12.4. The van der Waals surface area contributed by atoms with Gasteiger partial charge in [0.25, 0.3) is 5.91 Å². The molecule has 23 heavy (non-hydrogen) atoms. The number of amides is 1. The molecule has 0 unspecified atom stereocenters. The van der Waals surface area contributed by atoms with Crippen molar-refractivity contribution >= 4 is 23.1 Å². The van der Waals surface area contributed by atoms with Crippen molar-refractivity contribution in [3.63, 3.8) is 0 Å². The smallest absolute Gasteiger partial charge is 0.273 e. The summed E-state index contributed by atoms with van der Waals surface area (Å²) in [5.74, 6) is 1.08. The molecule has 0 atom stereocenters. The standard InChI is InChI=1S/C16H19N5OS/c22-16(14-9-23-11-19-14)20-7-4-13(5-8-20)21(12-1-2-12)15-3-6-17-10-18-15/h3,6,9-13H,1-2,4-5,7-8H2. The van der Waals surface area contributed by atoms with Gasteiger partial charge in [0, 0.05) is 36.8 Å². The predicted octanol–water partition coefficient (Wildman–Crippen LogP) is 2.21. The summed E-state index contributed by atoms with van der Waals surface area (Å²) < 4.78 is 0. The number of carbonyl (C=O) groups is 1. The molecular weight excluding hydrogens is 310 g/mol. The number of carbonyl (C=O) groups excluding carboxylic acids is 1. The average Bonchev–Trinajstić information content (AvgIpc) is 3.28. The first-order valence-electron chi connectivity index (χ1n) is 8.05. The number of hydrogen-bond acceptors (Lipinski definition) is 6. The fraction of sp³-hybridized carbons (Fsp3) is 0.500. The van der Waals surface area contributed by atoms with Crippen LogP contribution in [0.2, 0.25) is 0 Å². The van der Waals surface area contributed by atoms with Crippen LogP contribution in [0.3, 0.4) is 0 Å². The Kier molecular flexibility index (Phi) is 3.95. The minimum absolute atomic E-state index is 0.0599. The van der Waals surface area contributed by atoms with Crippen molar-refractivity contribution in [2.75, 3.05) is 18.0 Å². The Morgan fingerprint density at radius 2 is 1.96 bits per heavy atom. The first kappa shape index (κ1) is 14.6. The van der Waals surface area contributed by atoms with Gasteiger partial charge in [-0.3, -0.25) is 4.79 Å². The Morgan fingerprint density at radius 3 is 2.57 bits per heavy atom. The molecule has 3 heterocycles. The highest BCUT2D eigenvalue weighted by Crippen LogP contribution is 2.35. The van der Waals surface area contributed by atoms with Gasteiger partial charge in [0.1, 0.15) is 17.8 Å². The maximum absolute atomic E-state index is 12.4. The number of thiazole rings is 1. The van der Waals surface area contributed by atoms with Crippen molar-refractivity contribution in [2.24, 2.45) is 0 Å². The van der Waals surface area contributed by atoms with E-state index in [1.165, 1.54) is 24.2 Å². The second kappa shape index (κ2) is 6.23. The predicted molar refractivity (Wildman–Crippen MR) is 88.6 cm³/mol. The van der Waals surface area contributed by atoms with Crippen molar-refractivity contribution < 1.29 is 4.79 Å². The highest BCUT2D eigenvalue weighted by molar-refractivity contribution is 7.07. The van der Waals surface area contributed by atoms with E-state index in [2.05, 4.69) is 19.9 Å². The van der Waals surface area contributed by atoms with Gasteiger partial charge in [-0.15, -0.1) is 11.3 Å². The lowest BCUT2D eigenvalue weighted by Crippen LogP contribution is -2.48. The fourth-order valence-electron chi connectivity index (χ4n) is 3.29. The van der Waals surface area contributed by atoms with E-state index in [4.69, 9.17) is 0 Å².